The topological polar surface area (TPSA) is 49.4 Å². The maximum absolute atomic E-state index is 12.2. The number of likely N-dealkylation sites (tertiary alicyclic amines) is 1. The Bertz CT molecular complexity index is 407. The third kappa shape index (κ3) is 3.22. The van der Waals surface area contributed by atoms with Crippen LogP contribution in [0.15, 0.2) is 12.2 Å². The zero-order valence-corrected chi connectivity index (χ0v) is 12.0. The van der Waals surface area contributed by atoms with Crippen molar-refractivity contribution in [3.63, 3.8) is 0 Å². The number of amides is 2. The molecule has 1 unspecified atom stereocenters. The van der Waals surface area contributed by atoms with Crippen LogP contribution in [0.25, 0.3) is 0 Å². The van der Waals surface area contributed by atoms with E-state index < -0.39 is 0 Å². The summed E-state index contributed by atoms with van der Waals surface area (Å²) < 4.78 is 0. The molecule has 0 aromatic heterocycles. The Morgan fingerprint density at radius 2 is 1.70 bits per heavy atom. The second kappa shape index (κ2) is 5.98. The van der Waals surface area contributed by atoms with Gasteiger partial charge in [0.15, 0.2) is 0 Å². The summed E-state index contributed by atoms with van der Waals surface area (Å²) in [7, 11) is 0. The second-order valence-electron chi connectivity index (χ2n) is 6.36. The predicted molar refractivity (Wildman–Crippen MR) is 76.9 cm³/mol. The molecule has 0 aromatic rings. The summed E-state index contributed by atoms with van der Waals surface area (Å²) in [6.07, 6.45) is 11.1. The lowest BCUT2D eigenvalue weighted by atomic mass is 9.93. The smallest absolute Gasteiger partial charge is 0.225 e. The van der Waals surface area contributed by atoms with E-state index in [0.29, 0.717) is 11.8 Å². The summed E-state index contributed by atoms with van der Waals surface area (Å²) in [5.41, 5.74) is 0. The minimum atomic E-state index is 0.158. The van der Waals surface area contributed by atoms with E-state index in [0.717, 1.165) is 58.0 Å². The largest absolute Gasteiger partial charge is 0.353 e. The van der Waals surface area contributed by atoms with Crippen molar-refractivity contribution >= 4 is 11.8 Å². The molecule has 0 radical (unpaired) electrons. The minimum Gasteiger partial charge on any atom is -0.353 e. The molecule has 20 heavy (non-hydrogen) atoms. The number of rotatable bonds is 3. The average molecular weight is 276 g/mol. The molecule has 2 fully saturated rings. The predicted octanol–water partition coefficient (Wildman–Crippen LogP) is 1.86. The first-order valence-corrected chi connectivity index (χ1v) is 7.98. The van der Waals surface area contributed by atoms with Gasteiger partial charge in [-0.1, -0.05) is 12.2 Å². The van der Waals surface area contributed by atoms with Gasteiger partial charge in [-0.3, -0.25) is 9.59 Å². The van der Waals surface area contributed by atoms with Crippen LogP contribution in [0.2, 0.25) is 0 Å². The van der Waals surface area contributed by atoms with Crippen LogP contribution in [0.1, 0.15) is 44.9 Å². The van der Waals surface area contributed by atoms with Gasteiger partial charge in [0.05, 0.1) is 0 Å². The van der Waals surface area contributed by atoms with Gasteiger partial charge in [0.25, 0.3) is 0 Å². The first-order chi connectivity index (χ1) is 9.74. The molecule has 0 aromatic carbocycles. The molecule has 1 N–H and O–H groups in total. The lowest BCUT2D eigenvalue weighted by Gasteiger charge is -2.33. The van der Waals surface area contributed by atoms with Crippen molar-refractivity contribution in [2.75, 3.05) is 13.1 Å². The Morgan fingerprint density at radius 3 is 2.30 bits per heavy atom. The van der Waals surface area contributed by atoms with Crippen molar-refractivity contribution in [3.8, 4) is 0 Å². The molecule has 4 nitrogen and oxygen atoms in total. The van der Waals surface area contributed by atoms with E-state index in [9.17, 15) is 9.59 Å². The fourth-order valence-corrected chi connectivity index (χ4v) is 3.18. The van der Waals surface area contributed by atoms with Crippen LogP contribution in [-0.4, -0.2) is 35.8 Å². The van der Waals surface area contributed by atoms with E-state index in [1.807, 2.05) is 4.90 Å². The van der Waals surface area contributed by atoms with Gasteiger partial charge in [-0.05, 0) is 44.9 Å². The van der Waals surface area contributed by atoms with Gasteiger partial charge < -0.3 is 10.2 Å². The third-order valence-corrected chi connectivity index (χ3v) is 4.72. The SMILES string of the molecule is O=C(NC1CCN(C(=O)C2CC2)CC1)C1CC=CCC1. The maximum atomic E-state index is 12.2. The Morgan fingerprint density at radius 1 is 0.950 bits per heavy atom. The van der Waals surface area contributed by atoms with E-state index >= 15 is 0 Å². The van der Waals surface area contributed by atoms with Gasteiger partial charge in [0, 0.05) is 31.0 Å². The molecule has 2 aliphatic carbocycles. The lowest BCUT2D eigenvalue weighted by Crippen LogP contribution is -2.48. The van der Waals surface area contributed by atoms with Crippen molar-refractivity contribution in [3.05, 3.63) is 12.2 Å². The molecule has 1 aliphatic heterocycles. The van der Waals surface area contributed by atoms with Crippen molar-refractivity contribution in [1.82, 2.24) is 10.2 Å². The standard InChI is InChI=1S/C16H24N2O2/c19-15(12-4-2-1-3-5-12)17-14-8-10-18(11-9-14)16(20)13-6-7-13/h1-2,12-14H,3-11H2,(H,17,19). The number of allylic oxidation sites excluding steroid dienone is 2. The molecule has 0 bridgehead atoms. The number of nitrogens with zero attached hydrogens (tertiary/aromatic N) is 1. The van der Waals surface area contributed by atoms with Crippen molar-refractivity contribution in [2.45, 2.75) is 51.0 Å². The zero-order chi connectivity index (χ0) is 13.9. The normalized spacial score (nSPS) is 27.4. The average Bonchev–Trinajstić information content (AvgIpc) is 3.33. The van der Waals surface area contributed by atoms with E-state index in [-0.39, 0.29) is 17.9 Å². The molecule has 0 spiro atoms. The molecule has 1 saturated heterocycles. The van der Waals surface area contributed by atoms with Crippen molar-refractivity contribution in [1.29, 1.82) is 0 Å². The molecular weight excluding hydrogens is 252 g/mol. The maximum Gasteiger partial charge on any atom is 0.225 e. The highest BCUT2D eigenvalue weighted by Crippen LogP contribution is 2.32. The van der Waals surface area contributed by atoms with E-state index in [1.165, 1.54) is 0 Å². The van der Waals surface area contributed by atoms with Gasteiger partial charge in [0.1, 0.15) is 0 Å². The molecule has 1 saturated carbocycles. The number of nitrogens with one attached hydrogen (secondary N) is 1. The lowest BCUT2D eigenvalue weighted by molar-refractivity contribution is -0.133. The highest BCUT2D eigenvalue weighted by atomic mass is 16.2. The first-order valence-electron chi connectivity index (χ1n) is 7.98. The van der Waals surface area contributed by atoms with Crippen LogP contribution >= 0.6 is 0 Å². The summed E-state index contributed by atoms with van der Waals surface area (Å²) in [6, 6.07) is 0.261. The first kappa shape index (κ1) is 13.7. The molecule has 2 amide bonds. The van der Waals surface area contributed by atoms with Gasteiger partial charge >= 0.3 is 0 Å². The van der Waals surface area contributed by atoms with E-state index in [4.69, 9.17) is 0 Å². The third-order valence-electron chi connectivity index (χ3n) is 4.72. The summed E-state index contributed by atoms with van der Waals surface area (Å²) in [6.45, 7) is 1.62. The molecule has 4 heteroatoms. The number of carbonyl (C=O) groups excluding carboxylic acids is 2. The molecular formula is C16H24N2O2. The number of carbonyl (C=O) groups is 2. The van der Waals surface area contributed by atoms with Crippen molar-refractivity contribution < 1.29 is 9.59 Å². The van der Waals surface area contributed by atoms with Crippen LogP contribution < -0.4 is 5.32 Å². The Kier molecular flexibility index (Phi) is 4.08. The number of hydrogen-bond donors (Lipinski definition) is 1. The fourth-order valence-electron chi connectivity index (χ4n) is 3.18. The molecule has 1 heterocycles. The van der Waals surface area contributed by atoms with Crippen LogP contribution in [-0.2, 0) is 9.59 Å². The van der Waals surface area contributed by atoms with E-state index in [2.05, 4.69) is 17.5 Å². The quantitative estimate of drug-likeness (QED) is 0.800. The van der Waals surface area contributed by atoms with Crippen molar-refractivity contribution in [2.24, 2.45) is 11.8 Å². The summed E-state index contributed by atoms with van der Waals surface area (Å²) in [5, 5.41) is 3.18. The van der Waals surface area contributed by atoms with Crippen LogP contribution in [0.4, 0.5) is 0 Å². The number of hydrogen-bond acceptors (Lipinski definition) is 2. The second-order valence-corrected chi connectivity index (χ2v) is 6.36. The van der Waals surface area contributed by atoms with Crippen LogP contribution in [0, 0.1) is 11.8 Å². The van der Waals surface area contributed by atoms with E-state index in [1.54, 1.807) is 0 Å². The van der Waals surface area contributed by atoms with Gasteiger partial charge in [-0.25, -0.2) is 0 Å². The van der Waals surface area contributed by atoms with Gasteiger partial charge in [-0.15, -0.1) is 0 Å². The highest BCUT2D eigenvalue weighted by Gasteiger charge is 2.35. The monoisotopic (exact) mass is 276 g/mol. The Hall–Kier alpha value is -1.32. The Balaban J connectivity index is 1.42. The highest BCUT2D eigenvalue weighted by molar-refractivity contribution is 5.81. The van der Waals surface area contributed by atoms with Crippen LogP contribution in [0.3, 0.4) is 0 Å². The fraction of sp³-hybridized carbons (Fsp3) is 0.750. The summed E-state index contributed by atoms with van der Waals surface area (Å²) in [4.78, 5) is 26.1. The summed E-state index contributed by atoms with van der Waals surface area (Å²) in [5.74, 6) is 1.02. The van der Waals surface area contributed by atoms with Gasteiger partial charge in [0.2, 0.25) is 11.8 Å². The Labute approximate surface area is 120 Å². The number of piperidine rings is 1. The molecule has 3 rings (SSSR count). The molecule has 1 atom stereocenters. The molecule has 110 valence electrons. The zero-order valence-electron chi connectivity index (χ0n) is 12.0. The van der Waals surface area contributed by atoms with Crippen LogP contribution in [0.5, 0.6) is 0 Å². The summed E-state index contributed by atoms with van der Waals surface area (Å²) >= 11 is 0. The molecule has 3 aliphatic rings. The van der Waals surface area contributed by atoms with Gasteiger partial charge in [-0.2, -0.15) is 0 Å². The minimum absolute atomic E-state index is 0.158.